The van der Waals surface area contributed by atoms with E-state index >= 15 is 0 Å². The fourth-order valence-corrected chi connectivity index (χ4v) is 2.74. The van der Waals surface area contributed by atoms with E-state index in [-0.39, 0.29) is 12.0 Å². The smallest absolute Gasteiger partial charge is 0.104 e. The Balaban J connectivity index is 3.21. The van der Waals surface area contributed by atoms with E-state index in [1.165, 1.54) is 22.3 Å². The molecule has 1 rings (SSSR count). The molecule has 0 aliphatic heterocycles. The molecule has 2 heteroatoms. The number of nitrogens with zero attached hydrogens (tertiary/aromatic N) is 2. The van der Waals surface area contributed by atoms with Gasteiger partial charge in [0.25, 0.3) is 0 Å². The lowest BCUT2D eigenvalue weighted by Gasteiger charge is -2.27. The van der Waals surface area contributed by atoms with E-state index in [2.05, 4.69) is 45.9 Å². The standard InChI is InChI=1S/C15H22N2/c1-10-7-11(2)15(12(3)8-10)13(4)14(9-16)17(5)6/h7-8,13-14H,1-6H3. The van der Waals surface area contributed by atoms with Crippen LogP contribution in [0.25, 0.3) is 0 Å². The Morgan fingerprint density at radius 2 is 1.59 bits per heavy atom. The molecule has 2 nitrogen and oxygen atoms in total. The van der Waals surface area contributed by atoms with Crippen LogP contribution in [0.1, 0.15) is 35.1 Å². The van der Waals surface area contributed by atoms with Crippen molar-refractivity contribution < 1.29 is 0 Å². The molecule has 2 atom stereocenters. The molecular weight excluding hydrogens is 208 g/mol. The summed E-state index contributed by atoms with van der Waals surface area (Å²) in [6, 6.07) is 6.72. The van der Waals surface area contributed by atoms with Gasteiger partial charge in [-0.2, -0.15) is 5.26 Å². The molecule has 0 N–H and O–H groups in total. The number of hydrogen-bond acceptors (Lipinski definition) is 2. The Hall–Kier alpha value is -1.33. The Bertz CT molecular complexity index is 418. The number of benzene rings is 1. The topological polar surface area (TPSA) is 27.0 Å². The van der Waals surface area contributed by atoms with Crippen molar-refractivity contribution in [1.82, 2.24) is 4.90 Å². The lowest BCUT2D eigenvalue weighted by Crippen LogP contribution is -2.32. The summed E-state index contributed by atoms with van der Waals surface area (Å²) in [4.78, 5) is 1.99. The van der Waals surface area contributed by atoms with Crippen LogP contribution < -0.4 is 0 Å². The Morgan fingerprint density at radius 3 is 1.94 bits per heavy atom. The van der Waals surface area contributed by atoms with Gasteiger partial charge in [-0.3, -0.25) is 4.90 Å². The van der Waals surface area contributed by atoms with E-state index in [4.69, 9.17) is 0 Å². The van der Waals surface area contributed by atoms with Gasteiger partial charge in [0, 0.05) is 5.92 Å². The highest BCUT2D eigenvalue weighted by Crippen LogP contribution is 2.28. The van der Waals surface area contributed by atoms with Gasteiger partial charge in [-0.15, -0.1) is 0 Å². The molecule has 17 heavy (non-hydrogen) atoms. The van der Waals surface area contributed by atoms with Gasteiger partial charge in [-0.05, 0) is 51.6 Å². The largest absolute Gasteiger partial charge is 0.294 e. The van der Waals surface area contributed by atoms with Crippen molar-refractivity contribution in [1.29, 1.82) is 5.26 Å². The third-order valence-corrected chi connectivity index (χ3v) is 3.36. The van der Waals surface area contributed by atoms with Gasteiger partial charge in [0.05, 0.1) is 6.07 Å². The number of nitriles is 1. The van der Waals surface area contributed by atoms with Crippen molar-refractivity contribution >= 4 is 0 Å². The van der Waals surface area contributed by atoms with Crippen molar-refractivity contribution in [2.75, 3.05) is 14.1 Å². The van der Waals surface area contributed by atoms with E-state index < -0.39 is 0 Å². The molecule has 0 fully saturated rings. The summed E-state index contributed by atoms with van der Waals surface area (Å²) < 4.78 is 0. The second kappa shape index (κ2) is 5.33. The van der Waals surface area contributed by atoms with Crippen LogP contribution in [0.4, 0.5) is 0 Å². The number of likely N-dealkylation sites (N-methyl/N-ethyl adjacent to an activating group) is 1. The van der Waals surface area contributed by atoms with Crippen molar-refractivity contribution in [3.05, 3.63) is 34.4 Å². The zero-order valence-electron chi connectivity index (χ0n) is 11.7. The van der Waals surface area contributed by atoms with Crippen molar-refractivity contribution in [2.24, 2.45) is 0 Å². The van der Waals surface area contributed by atoms with Crippen LogP contribution in [0.3, 0.4) is 0 Å². The highest BCUT2D eigenvalue weighted by molar-refractivity contribution is 5.41. The SMILES string of the molecule is Cc1cc(C)c(C(C)C(C#N)N(C)C)c(C)c1. The molecule has 0 aliphatic carbocycles. The molecule has 0 aromatic heterocycles. The lowest BCUT2D eigenvalue weighted by atomic mass is 9.86. The normalized spacial score (nSPS) is 14.5. The van der Waals surface area contributed by atoms with Gasteiger partial charge in [-0.1, -0.05) is 24.6 Å². The van der Waals surface area contributed by atoms with E-state index in [1.54, 1.807) is 0 Å². The summed E-state index contributed by atoms with van der Waals surface area (Å²) in [6.45, 7) is 8.52. The minimum Gasteiger partial charge on any atom is -0.294 e. The maximum absolute atomic E-state index is 9.27. The van der Waals surface area contributed by atoms with E-state index in [0.29, 0.717) is 0 Å². The van der Waals surface area contributed by atoms with Crippen molar-refractivity contribution in [2.45, 2.75) is 39.7 Å². The van der Waals surface area contributed by atoms with Crippen LogP contribution in [0, 0.1) is 32.1 Å². The van der Waals surface area contributed by atoms with Gasteiger partial charge in [0.2, 0.25) is 0 Å². The minimum absolute atomic E-state index is 0.0740. The molecule has 1 aromatic rings. The summed E-state index contributed by atoms with van der Waals surface area (Å²) >= 11 is 0. The molecule has 0 bridgehead atoms. The van der Waals surface area contributed by atoms with Crippen LogP contribution >= 0.6 is 0 Å². The number of hydrogen-bond donors (Lipinski definition) is 0. The first-order valence-corrected chi connectivity index (χ1v) is 6.02. The number of rotatable bonds is 3. The average Bonchev–Trinajstić information content (AvgIpc) is 2.15. The molecule has 0 amide bonds. The summed E-state index contributed by atoms with van der Waals surface area (Å²) in [5, 5.41) is 9.27. The van der Waals surface area contributed by atoms with Crippen molar-refractivity contribution in [3.63, 3.8) is 0 Å². The molecule has 0 saturated carbocycles. The van der Waals surface area contributed by atoms with Crippen LogP contribution in [0.2, 0.25) is 0 Å². The fourth-order valence-electron chi connectivity index (χ4n) is 2.74. The molecule has 0 aliphatic rings. The first-order valence-electron chi connectivity index (χ1n) is 6.02. The van der Waals surface area contributed by atoms with Crippen LogP contribution in [-0.4, -0.2) is 25.0 Å². The third kappa shape index (κ3) is 2.87. The zero-order chi connectivity index (χ0) is 13.2. The number of aryl methyl sites for hydroxylation is 3. The fraction of sp³-hybridized carbons (Fsp3) is 0.533. The van der Waals surface area contributed by atoms with Crippen LogP contribution in [0.15, 0.2) is 12.1 Å². The van der Waals surface area contributed by atoms with E-state index in [0.717, 1.165) is 0 Å². The van der Waals surface area contributed by atoms with Gasteiger partial charge in [0.15, 0.2) is 0 Å². The quantitative estimate of drug-likeness (QED) is 0.797. The average molecular weight is 230 g/mol. The minimum atomic E-state index is -0.0740. The molecule has 0 radical (unpaired) electrons. The van der Waals surface area contributed by atoms with E-state index in [9.17, 15) is 5.26 Å². The van der Waals surface area contributed by atoms with Crippen LogP contribution in [-0.2, 0) is 0 Å². The summed E-state index contributed by atoms with van der Waals surface area (Å²) in [5.41, 5.74) is 5.18. The predicted molar refractivity (Wildman–Crippen MR) is 72.2 cm³/mol. The molecule has 0 spiro atoms. The van der Waals surface area contributed by atoms with Crippen LogP contribution in [0.5, 0.6) is 0 Å². The Labute approximate surface area is 105 Å². The van der Waals surface area contributed by atoms with E-state index in [1.807, 2.05) is 19.0 Å². The first-order chi connectivity index (χ1) is 7.88. The van der Waals surface area contributed by atoms with Gasteiger partial charge >= 0.3 is 0 Å². The first kappa shape index (κ1) is 13.7. The van der Waals surface area contributed by atoms with Crippen molar-refractivity contribution in [3.8, 4) is 6.07 Å². The summed E-state index contributed by atoms with van der Waals surface area (Å²) in [6.07, 6.45) is 0. The molecule has 2 unspecified atom stereocenters. The lowest BCUT2D eigenvalue weighted by molar-refractivity contribution is 0.315. The van der Waals surface area contributed by atoms with Gasteiger partial charge in [0.1, 0.15) is 6.04 Å². The molecular formula is C15H22N2. The summed E-state index contributed by atoms with van der Waals surface area (Å²) in [7, 11) is 3.92. The second-order valence-electron chi connectivity index (χ2n) is 5.14. The Kier molecular flexibility index (Phi) is 4.31. The molecule has 0 saturated heterocycles. The maximum Gasteiger partial charge on any atom is 0.104 e. The van der Waals surface area contributed by atoms with Gasteiger partial charge < -0.3 is 0 Å². The maximum atomic E-state index is 9.27. The monoisotopic (exact) mass is 230 g/mol. The summed E-state index contributed by atoms with van der Waals surface area (Å²) in [5.74, 6) is 0.232. The molecule has 92 valence electrons. The zero-order valence-corrected chi connectivity index (χ0v) is 11.7. The third-order valence-electron chi connectivity index (χ3n) is 3.36. The second-order valence-corrected chi connectivity index (χ2v) is 5.14. The highest BCUT2D eigenvalue weighted by Gasteiger charge is 2.23. The highest BCUT2D eigenvalue weighted by atomic mass is 15.1. The predicted octanol–water partition coefficient (Wildman–Crippen LogP) is 3.17. The van der Waals surface area contributed by atoms with Gasteiger partial charge in [-0.25, -0.2) is 0 Å². The molecule has 0 heterocycles. The molecule has 1 aromatic carbocycles. The Morgan fingerprint density at radius 1 is 1.12 bits per heavy atom.